The number of ether oxygens (including phenoxy) is 1. The fourth-order valence-electron chi connectivity index (χ4n) is 4.25. The molecule has 2 N–H and O–H groups in total. The first-order chi connectivity index (χ1) is 16.4. The zero-order valence-corrected chi connectivity index (χ0v) is 19.8. The molecule has 176 valence electrons. The minimum absolute atomic E-state index is 0.170. The van der Waals surface area contributed by atoms with E-state index in [2.05, 4.69) is 24.4 Å². The van der Waals surface area contributed by atoms with Gasteiger partial charge >= 0.3 is 5.97 Å². The molecule has 1 aromatic heterocycles. The van der Waals surface area contributed by atoms with Crippen molar-refractivity contribution in [3.8, 4) is 5.75 Å². The highest BCUT2D eigenvalue weighted by atomic mass is 35.5. The van der Waals surface area contributed by atoms with E-state index in [0.717, 1.165) is 5.39 Å². The number of fused-ring (bicyclic) bond motifs is 1. The molecule has 34 heavy (non-hydrogen) atoms. The molecule has 0 aliphatic heterocycles. The van der Waals surface area contributed by atoms with Crippen molar-refractivity contribution in [1.82, 2.24) is 9.88 Å². The Labute approximate surface area is 202 Å². The predicted molar refractivity (Wildman–Crippen MR) is 133 cm³/mol. The van der Waals surface area contributed by atoms with E-state index in [1.165, 1.54) is 17.7 Å². The van der Waals surface area contributed by atoms with Crippen LogP contribution in [0.5, 0.6) is 5.75 Å². The molecule has 0 radical (unpaired) electrons. The van der Waals surface area contributed by atoms with E-state index >= 15 is 0 Å². The maximum Gasteiger partial charge on any atom is 0.352 e. The Morgan fingerprint density at radius 1 is 1.15 bits per heavy atom. The molecular weight excluding hydrogens is 455 g/mol. The van der Waals surface area contributed by atoms with Crippen LogP contribution in [0.4, 0.5) is 4.39 Å². The topological polar surface area (TPSA) is 63.5 Å². The van der Waals surface area contributed by atoms with Crippen LogP contribution >= 0.6 is 11.6 Å². The number of benzene rings is 3. The molecule has 1 heterocycles. The monoisotopic (exact) mass is 480 g/mol. The van der Waals surface area contributed by atoms with Gasteiger partial charge in [-0.25, -0.2) is 9.18 Å². The van der Waals surface area contributed by atoms with Crippen molar-refractivity contribution in [2.24, 2.45) is 0 Å². The third-order valence-corrected chi connectivity index (χ3v) is 6.40. The first kappa shape index (κ1) is 23.8. The zero-order chi connectivity index (χ0) is 24.2. The molecule has 0 saturated heterocycles. The lowest BCUT2D eigenvalue weighted by Crippen LogP contribution is -2.21. The van der Waals surface area contributed by atoms with Crippen molar-refractivity contribution in [2.75, 3.05) is 13.7 Å². The molecule has 4 aromatic rings. The second-order valence-electron chi connectivity index (χ2n) is 8.28. The van der Waals surface area contributed by atoms with Gasteiger partial charge in [-0.2, -0.15) is 0 Å². The van der Waals surface area contributed by atoms with Gasteiger partial charge < -0.3 is 19.7 Å². The van der Waals surface area contributed by atoms with Crippen LogP contribution in [0.2, 0.25) is 5.02 Å². The van der Waals surface area contributed by atoms with Crippen molar-refractivity contribution in [3.05, 3.63) is 100.0 Å². The number of nitrogens with zero attached hydrogens (tertiary/aromatic N) is 1. The summed E-state index contributed by atoms with van der Waals surface area (Å²) in [6.07, 6.45) is 0. The van der Waals surface area contributed by atoms with Gasteiger partial charge in [0.1, 0.15) is 17.3 Å². The lowest BCUT2D eigenvalue weighted by Gasteiger charge is -2.14. The quantitative estimate of drug-likeness (QED) is 0.304. The average Bonchev–Trinajstić information content (AvgIpc) is 3.14. The molecular formula is C27H26ClFN2O3. The van der Waals surface area contributed by atoms with Gasteiger partial charge in [0.05, 0.1) is 12.6 Å². The smallest absolute Gasteiger partial charge is 0.352 e. The minimum atomic E-state index is -1.04. The number of carboxylic acids is 1. The normalized spacial score (nSPS) is 12.1. The minimum Gasteiger partial charge on any atom is -0.497 e. The van der Waals surface area contributed by atoms with Crippen LogP contribution in [-0.4, -0.2) is 29.3 Å². The van der Waals surface area contributed by atoms with E-state index in [4.69, 9.17) is 16.3 Å². The number of hydrogen-bond donors (Lipinski definition) is 2. The molecule has 1 atom stereocenters. The first-order valence-corrected chi connectivity index (χ1v) is 11.4. The van der Waals surface area contributed by atoms with E-state index < -0.39 is 11.8 Å². The summed E-state index contributed by atoms with van der Waals surface area (Å²) in [5.74, 6) is -0.600. The summed E-state index contributed by atoms with van der Waals surface area (Å²) in [5, 5.41) is 14.7. The van der Waals surface area contributed by atoms with E-state index in [1.54, 1.807) is 17.7 Å². The average molecular weight is 481 g/mol. The Hall–Kier alpha value is -3.35. The molecule has 0 saturated carbocycles. The molecule has 0 amide bonds. The molecule has 3 aromatic carbocycles. The summed E-state index contributed by atoms with van der Waals surface area (Å²) in [6.45, 7) is 3.39. The summed E-state index contributed by atoms with van der Waals surface area (Å²) < 4.78 is 20.7. The molecule has 7 heteroatoms. The fraction of sp³-hybridized carbons (Fsp3) is 0.222. The summed E-state index contributed by atoms with van der Waals surface area (Å²) in [6, 6.07) is 19.8. The van der Waals surface area contributed by atoms with E-state index in [0.29, 0.717) is 35.5 Å². The SMILES string of the molecule is COc1ccc2c(CNC[C@H](C)c3ccccc3)c(C(=O)O)n(Cc3ccc(F)cc3Cl)c2c1. The Morgan fingerprint density at radius 3 is 2.59 bits per heavy atom. The highest BCUT2D eigenvalue weighted by molar-refractivity contribution is 6.31. The van der Waals surface area contributed by atoms with E-state index in [1.807, 2.05) is 36.4 Å². The predicted octanol–water partition coefficient (Wildman–Crippen LogP) is 6.08. The molecule has 0 unspecified atom stereocenters. The summed E-state index contributed by atoms with van der Waals surface area (Å²) in [7, 11) is 1.57. The van der Waals surface area contributed by atoms with E-state index in [-0.39, 0.29) is 23.2 Å². The van der Waals surface area contributed by atoms with Crippen LogP contribution in [-0.2, 0) is 13.1 Å². The van der Waals surface area contributed by atoms with Gasteiger partial charge in [-0.05, 0) is 41.3 Å². The molecule has 0 aliphatic carbocycles. The number of methoxy groups -OCH3 is 1. The molecule has 0 fully saturated rings. The highest BCUT2D eigenvalue weighted by Crippen LogP contribution is 2.32. The third-order valence-electron chi connectivity index (χ3n) is 6.04. The molecule has 5 nitrogen and oxygen atoms in total. The largest absolute Gasteiger partial charge is 0.497 e. The van der Waals surface area contributed by atoms with Crippen LogP contribution in [0, 0.1) is 5.82 Å². The van der Waals surface area contributed by atoms with Gasteiger partial charge in [-0.3, -0.25) is 0 Å². The Bertz CT molecular complexity index is 1320. The summed E-state index contributed by atoms with van der Waals surface area (Å²) in [4.78, 5) is 12.4. The zero-order valence-electron chi connectivity index (χ0n) is 19.0. The first-order valence-electron chi connectivity index (χ1n) is 11.0. The maximum atomic E-state index is 13.6. The summed E-state index contributed by atoms with van der Waals surface area (Å²) >= 11 is 6.27. The van der Waals surface area contributed by atoms with Crippen molar-refractivity contribution >= 4 is 28.5 Å². The number of carbonyl (C=O) groups is 1. The number of hydrogen-bond acceptors (Lipinski definition) is 3. The fourth-order valence-corrected chi connectivity index (χ4v) is 4.48. The number of nitrogens with one attached hydrogen (secondary N) is 1. The van der Waals surface area contributed by atoms with Crippen molar-refractivity contribution in [2.45, 2.75) is 25.9 Å². The molecule has 4 rings (SSSR count). The third kappa shape index (κ3) is 4.93. The lowest BCUT2D eigenvalue weighted by molar-refractivity contribution is 0.0684. The number of halogens is 2. The van der Waals surface area contributed by atoms with Crippen LogP contribution < -0.4 is 10.1 Å². The number of aromatic nitrogens is 1. The molecule has 0 spiro atoms. The molecule has 0 aliphatic rings. The van der Waals surface area contributed by atoms with Crippen molar-refractivity contribution in [3.63, 3.8) is 0 Å². The van der Waals surface area contributed by atoms with E-state index in [9.17, 15) is 14.3 Å². The van der Waals surface area contributed by atoms with Crippen molar-refractivity contribution < 1.29 is 19.0 Å². The Morgan fingerprint density at radius 2 is 1.91 bits per heavy atom. The second-order valence-corrected chi connectivity index (χ2v) is 8.69. The lowest BCUT2D eigenvalue weighted by atomic mass is 10.0. The van der Waals surface area contributed by atoms with Gasteiger partial charge in [-0.15, -0.1) is 0 Å². The standard InChI is InChI=1S/C27H26ClFN2O3/c1-17(18-6-4-3-5-7-18)14-30-15-23-22-11-10-21(34-2)13-25(22)31(26(23)27(32)33)16-19-8-9-20(29)12-24(19)28/h3-13,17,30H,14-16H2,1-2H3,(H,32,33)/t17-/m0/s1. The van der Waals surface area contributed by atoms with Crippen LogP contribution in [0.15, 0.2) is 66.7 Å². The van der Waals surface area contributed by atoms with Crippen molar-refractivity contribution in [1.29, 1.82) is 0 Å². The van der Waals surface area contributed by atoms with Crippen LogP contribution in [0.1, 0.15) is 40.0 Å². The number of rotatable bonds is 9. The Balaban J connectivity index is 1.72. The number of carboxylic acid groups (broad SMARTS) is 1. The summed E-state index contributed by atoms with van der Waals surface area (Å²) in [5.41, 5.74) is 3.41. The Kier molecular flexibility index (Phi) is 7.20. The maximum absolute atomic E-state index is 13.6. The van der Waals surface area contributed by atoms with Gasteiger partial charge in [-0.1, -0.05) is 54.9 Å². The van der Waals surface area contributed by atoms with Crippen LogP contribution in [0.3, 0.4) is 0 Å². The van der Waals surface area contributed by atoms with Crippen LogP contribution in [0.25, 0.3) is 10.9 Å². The number of aromatic carboxylic acids is 1. The van der Waals surface area contributed by atoms with Gasteiger partial charge in [0, 0.05) is 41.7 Å². The van der Waals surface area contributed by atoms with Gasteiger partial charge in [0.25, 0.3) is 0 Å². The highest BCUT2D eigenvalue weighted by Gasteiger charge is 2.23. The van der Waals surface area contributed by atoms with Gasteiger partial charge in [0.2, 0.25) is 0 Å². The second kappa shape index (κ2) is 10.3. The van der Waals surface area contributed by atoms with Gasteiger partial charge in [0.15, 0.2) is 0 Å². The molecule has 0 bridgehead atoms.